The first-order valence-corrected chi connectivity index (χ1v) is 9.72. The van der Waals surface area contributed by atoms with E-state index >= 15 is 0 Å². The summed E-state index contributed by atoms with van der Waals surface area (Å²) in [6.45, 7) is 4.15. The molecule has 138 valence electrons. The molecule has 0 amide bonds. The van der Waals surface area contributed by atoms with E-state index in [-0.39, 0.29) is 0 Å². The van der Waals surface area contributed by atoms with Crippen molar-refractivity contribution < 1.29 is 4.74 Å². The van der Waals surface area contributed by atoms with Crippen LogP contribution in [0.4, 0.5) is 0 Å². The lowest BCUT2D eigenvalue weighted by Gasteiger charge is -2.19. The van der Waals surface area contributed by atoms with E-state index < -0.39 is 0 Å². The van der Waals surface area contributed by atoms with Crippen molar-refractivity contribution in [3.05, 3.63) is 48.3 Å². The molecule has 0 aliphatic carbocycles. The predicted molar refractivity (Wildman–Crippen MR) is 112 cm³/mol. The van der Waals surface area contributed by atoms with E-state index in [1.807, 2.05) is 12.4 Å². The van der Waals surface area contributed by atoms with Gasteiger partial charge in [-0.3, -0.25) is 4.98 Å². The molecule has 4 heteroatoms. The topological polar surface area (TPSA) is 30.3 Å². The molecule has 3 heterocycles. The first-order chi connectivity index (χ1) is 13.1. The molecule has 2 aromatic heterocycles. The Morgan fingerprint density at radius 3 is 2.81 bits per heavy atom. The summed E-state index contributed by atoms with van der Waals surface area (Å²) in [5, 5.41) is 4.98. The third kappa shape index (κ3) is 2.59. The zero-order valence-corrected chi connectivity index (χ0v) is 16.2. The van der Waals surface area contributed by atoms with Crippen molar-refractivity contribution in [3.8, 4) is 5.75 Å². The number of hydrogen-bond acceptors (Lipinski definition) is 3. The van der Waals surface area contributed by atoms with Crippen LogP contribution >= 0.6 is 0 Å². The zero-order chi connectivity index (χ0) is 18.5. The third-order valence-electron chi connectivity index (χ3n) is 6.23. The Kier molecular flexibility index (Phi) is 3.83. The lowest BCUT2D eigenvalue weighted by Crippen LogP contribution is -2.30. The quantitative estimate of drug-likeness (QED) is 0.533. The molecule has 1 saturated heterocycles. The number of aryl methyl sites for hydroxylation is 2. The number of aromatic nitrogens is 2. The monoisotopic (exact) mass is 359 g/mol. The zero-order valence-electron chi connectivity index (χ0n) is 16.2. The second kappa shape index (κ2) is 6.24. The van der Waals surface area contributed by atoms with Crippen molar-refractivity contribution in [1.29, 1.82) is 0 Å². The highest BCUT2D eigenvalue weighted by Gasteiger charge is 2.21. The SMILES string of the molecule is Cc1c2ccncc2cc2c3cc(OC[C@H]4CCCN4C)ccc3n(C)c12. The Morgan fingerprint density at radius 2 is 2.00 bits per heavy atom. The van der Waals surface area contributed by atoms with Gasteiger partial charge < -0.3 is 14.2 Å². The molecule has 2 aromatic carbocycles. The van der Waals surface area contributed by atoms with Crippen LogP contribution in [0, 0.1) is 6.92 Å². The van der Waals surface area contributed by atoms with Crippen LogP contribution in [0.3, 0.4) is 0 Å². The molecule has 27 heavy (non-hydrogen) atoms. The van der Waals surface area contributed by atoms with E-state index in [4.69, 9.17) is 4.74 Å². The summed E-state index contributed by atoms with van der Waals surface area (Å²) in [4.78, 5) is 6.71. The van der Waals surface area contributed by atoms with Gasteiger partial charge in [-0.05, 0) is 74.6 Å². The standard InChI is InChI=1S/C23H25N3O/c1-15-19-8-9-24-13-16(19)11-21-20-12-18(6-7-22(20)26(3)23(15)21)27-14-17-5-4-10-25(17)2/h6-9,11-13,17H,4-5,10,14H2,1-3H3/t17-/m1/s1. The lowest BCUT2D eigenvalue weighted by molar-refractivity contribution is 0.198. The molecule has 1 atom stereocenters. The van der Waals surface area contributed by atoms with Gasteiger partial charge in [0.05, 0.1) is 5.52 Å². The van der Waals surface area contributed by atoms with Crippen LogP contribution in [-0.4, -0.2) is 40.7 Å². The molecule has 4 nitrogen and oxygen atoms in total. The van der Waals surface area contributed by atoms with Gasteiger partial charge in [-0.2, -0.15) is 0 Å². The van der Waals surface area contributed by atoms with Gasteiger partial charge in [0.1, 0.15) is 12.4 Å². The van der Waals surface area contributed by atoms with Gasteiger partial charge >= 0.3 is 0 Å². The van der Waals surface area contributed by atoms with E-state index in [2.05, 4.69) is 65.8 Å². The Labute approximate surface area is 159 Å². The second-order valence-electron chi connectivity index (χ2n) is 7.82. The van der Waals surface area contributed by atoms with Gasteiger partial charge in [0.15, 0.2) is 0 Å². The summed E-state index contributed by atoms with van der Waals surface area (Å²) in [5.74, 6) is 0.958. The van der Waals surface area contributed by atoms with Crippen LogP contribution in [0.25, 0.3) is 32.6 Å². The van der Waals surface area contributed by atoms with Gasteiger partial charge in [0.25, 0.3) is 0 Å². The molecule has 5 rings (SSSR count). The second-order valence-corrected chi connectivity index (χ2v) is 7.82. The number of likely N-dealkylation sites (N-methyl/N-ethyl adjacent to an activating group) is 1. The number of likely N-dealkylation sites (tertiary alicyclic amines) is 1. The first kappa shape index (κ1) is 16.6. The molecule has 0 bridgehead atoms. The minimum Gasteiger partial charge on any atom is -0.492 e. The Hall–Kier alpha value is -2.59. The summed E-state index contributed by atoms with van der Waals surface area (Å²) in [6.07, 6.45) is 6.32. The Bertz CT molecular complexity index is 1160. The van der Waals surface area contributed by atoms with Crippen LogP contribution in [0.5, 0.6) is 5.75 Å². The molecule has 1 aliphatic heterocycles. The Balaban J connectivity index is 1.62. The predicted octanol–water partition coefficient (Wildman–Crippen LogP) is 4.66. The maximum atomic E-state index is 6.18. The van der Waals surface area contributed by atoms with Crippen molar-refractivity contribution in [2.24, 2.45) is 7.05 Å². The van der Waals surface area contributed by atoms with Gasteiger partial charge in [0.2, 0.25) is 0 Å². The molecule has 0 N–H and O–H groups in total. The Morgan fingerprint density at radius 1 is 1.11 bits per heavy atom. The number of ether oxygens (including phenoxy) is 1. The third-order valence-corrected chi connectivity index (χ3v) is 6.23. The molecular weight excluding hydrogens is 334 g/mol. The summed E-state index contributed by atoms with van der Waals surface area (Å²) < 4.78 is 8.48. The van der Waals surface area contributed by atoms with Crippen LogP contribution in [0.15, 0.2) is 42.7 Å². The van der Waals surface area contributed by atoms with Gasteiger partial charge in [0, 0.05) is 47.2 Å². The fourth-order valence-electron chi connectivity index (χ4n) is 4.67. The van der Waals surface area contributed by atoms with Crippen molar-refractivity contribution in [3.63, 3.8) is 0 Å². The number of rotatable bonds is 3. The molecule has 0 unspecified atom stereocenters. The fourth-order valence-corrected chi connectivity index (χ4v) is 4.67. The maximum absolute atomic E-state index is 6.18. The van der Waals surface area contributed by atoms with Gasteiger partial charge in [-0.1, -0.05) is 0 Å². The molecule has 1 aliphatic rings. The van der Waals surface area contributed by atoms with Crippen LogP contribution < -0.4 is 4.74 Å². The maximum Gasteiger partial charge on any atom is 0.120 e. The molecule has 4 aromatic rings. The average Bonchev–Trinajstić information content (AvgIpc) is 3.21. The minimum atomic E-state index is 0.533. The van der Waals surface area contributed by atoms with E-state index in [0.29, 0.717) is 6.04 Å². The number of fused-ring (bicyclic) bond motifs is 4. The van der Waals surface area contributed by atoms with Crippen molar-refractivity contribution in [2.75, 3.05) is 20.2 Å². The van der Waals surface area contributed by atoms with Crippen LogP contribution in [-0.2, 0) is 7.05 Å². The molecular formula is C23H25N3O. The number of pyridine rings is 1. The number of hydrogen-bond donors (Lipinski definition) is 0. The molecule has 0 spiro atoms. The highest BCUT2D eigenvalue weighted by Crippen LogP contribution is 2.36. The normalized spacial score (nSPS) is 18.1. The van der Waals surface area contributed by atoms with Crippen molar-refractivity contribution in [1.82, 2.24) is 14.5 Å². The number of nitrogens with zero attached hydrogens (tertiary/aromatic N) is 3. The van der Waals surface area contributed by atoms with Gasteiger partial charge in [-0.15, -0.1) is 0 Å². The van der Waals surface area contributed by atoms with E-state index in [1.165, 1.54) is 57.5 Å². The number of benzene rings is 2. The highest BCUT2D eigenvalue weighted by molar-refractivity contribution is 6.14. The van der Waals surface area contributed by atoms with Gasteiger partial charge in [-0.25, -0.2) is 0 Å². The minimum absolute atomic E-state index is 0.533. The summed E-state index contributed by atoms with van der Waals surface area (Å²) >= 11 is 0. The van der Waals surface area contributed by atoms with E-state index in [1.54, 1.807) is 0 Å². The molecule has 0 saturated carbocycles. The molecule has 0 radical (unpaired) electrons. The van der Waals surface area contributed by atoms with Crippen molar-refractivity contribution >= 4 is 32.6 Å². The van der Waals surface area contributed by atoms with E-state index in [9.17, 15) is 0 Å². The van der Waals surface area contributed by atoms with E-state index in [0.717, 1.165) is 12.4 Å². The van der Waals surface area contributed by atoms with Crippen LogP contribution in [0.1, 0.15) is 18.4 Å². The first-order valence-electron chi connectivity index (χ1n) is 9.72. The average molecular weight is 359 g/mol. The van der Waals surface area contributed by atoms with Crippen LogP contribution in [0.2, 0.25) is 0 Å². The lowest BCUT2D eigenvalue weighted by atomic mass is 10.0. The fraction of sp³-hybridized carbons (Fsp3) is 0.348. The summed E-state index contributed by atoms with van der Waals surface area (Å²) in [6, 6.07) is 11.4. The largest absolute Gasteiger partial charge is 0.492 e. The smallest absolute Gasteiger partial charge is 0.120 e. The summed E-state index contributed by atoms with van der Waals surface area (Å²) in [5.41, 5.74) is 3.83. The summed E-state index contributed by atoms with van der Waals surface area (Å²) in [7, 11) is 4.34. The molecule has 1 fully saturated rings. The highest BCUT2D eigenvalue weighted by atomic mass is 16.5. The van der Waals surface area contributed by atoms with Crippen molar-refractivity contribution in [2.45, 2.75) is 25.8 Å².